The summed E-state index contributed by atoms with van der Waals surface area (Å²) in [6, 6.07) is 3.29. The topological polar surface area (TPSA) is 99.5 Å². The van der Waals surface area contributed by atoms with Crippen LogP contribution in [0.5, 0.6) is 11.5 Å². The van der Waals surface area contributed by atoms with Crippen LogP contribution in [0.15, 0.2) is 23.1 Å². The summed E-state index contributed by atoms with van der Waals surface area (Å²) in [5, 5.41) is 7.53. The first-order valence-electron chi connectivity index (χ1n) is 11.6. The van der Waals surface area contributed by atoms with Crippen LogP contribution < -0.4 is 25.7 Å². The summed E-state index contributed by atoms with van der Waals surface area (Å²) in [5.41, 5.74) is 0.832. The van der Waals surface area contributed by atoms with E-state index in [1.807, 2.05) is 6.92 Å². The lowest BCUT2D eigenvalue weighted by molar-refractivity contribution is 0.0285. The van der Waals surface area contributed by atoms with Crippen molar-refractivity contribution in [2.45, 2.75) is 32.4 Å². The van der Waals surface area contributed by atoms with E-state index in [9.17, 15) is 4.79 Å². The van der Waals surface area contributed by atoms with E-state index in [0.29, 0.717) is 59.3 Å². The van der Waals surface area contributed by atoms with Gasteiger partial charge in [-0.15, -0.1) is 0 Å². The molecular weight excluding hydrogens is 493 g/mol. The maximum atomic E-state index is 13.9. The normalized spacial score (nSPS) is 14.3. The van der Waals surface area contributed by atoms with Crippen molar-refractivity contribution in [2.75, 3.05) is 45.8 Å². The highest BCUT2D eigenvalue weighted by atomic mass is 35.5. The first-order chi connectivity index (χ1) is 17.0. The molecule has 35 heavy (non-hydrogen) atoms. The SMILES string of the molecule is CCNc1ncc2cc(-c3c(Cl)c(OC)cc(OC)c3Cl)c(=O)n(CCOC3CCNCC3)c2n1. The van der Waals surface area contributed by atoms with Crippen LogP contribution in [-0.2, 0) is 11.3 Å². The largest absolute Gasteiger partial charge is 0.495 e. The second-order valence-electron chi connectivity index (χ2n) is 8.12. The third-order valence-corrected chi connectivity index (χ3v) is 6.71. The van der Waals surface area contributed by atoms with Crippen LogP contribution in [0.3, 0.4) is 0 Å². The Morgan fingerprint density at radius 1 is 1.14 bits per heavy atom. The van der Waals surface area contributed by atoms with Crippen molar-refractivity contribution in [1.29, 1.82) is 0 Å². The maximum Gasteiger partial charge on any atom is 0.260 e. The Hall–Kier alpha value is -2.59. The Morgan fingerprint density at radius 2 is 1.83 bits per heavy atom. The average Bonchev–Trinajstić information content (AvgIpc) is 2.87. The molecule has 0 atom stereocenters. The van der Waals surface area contributed by atoms with Crippen LogP contribution in [0.1, 0.15) is 19.8 Å². The van der Waals surface area contributed by atoms with Crippen LogP contribution >= 0.6 is 23.2 Å². The van der Waals surface area contributed by atoms with Gasteiger partial charge >= 0.3 is 0 Å². The summed E-state index contributed by atoms with van der Waals surface area (Å²) in [6.07, 6.45) is 3.72. The fraction of sp³-hybridized carbons (Fsp3) is 0.458. The number of rotatable bonds is 9. The third-order valence-electron chi connectivity index (χ3n) is 5.96. The third kappa shape index (κ3) is 5.33. The quantitative estimate of drug-likeness (QED) is 0.436. The van der Waals surface area contributed by atoms with Crippen molar-refractivity contribution < 1.29 is 14.2 Å². The van der Waals surface area contributed by atoms with Gasteiger partial charge in [0.1, 0.15) is 17.1 Å². The molecule has 2 aromatic heterocycles. The van der Waals surface area contributed by atoms with E-state index >= 15 is 0 Å². The zero-order chi connectivity index (χ0) is 24.9. The van der Waals surface area contributed by atoms with Crippen molar-refractivity contribution in [2.24, 2.45) is 0 Å². The number of fused-ring (bicyclic) bond motifs is 1. The van der Waals surface area contributed by atoms with Gasteiger partial charge in [0.25, 0.3) is 5.56 Å². The van der Waals surface area contributed by atoms with Crippen LogP contribution in [0.25, 0.3) is 22.2 Å². The number of halogens is 2. The van der Waals surface area contributed by atoms with Crippen LogP contribution in [0, 0.1) is 0 Å². The summed E-state index contributed by atoms with van der Waals surface area (Å²) in [5.74, 6) is 1.14. The lowest BCUT2D eigenvalue weighted by Gasteiger charge is -2.23. The number of hydrogen-bond donors (Lipinski definition) is 2. The zero-order valence-electron chi connectivity index (χ0n) is 20.0. The molecule has 9 nitrogen and oxygen atoms in total. The highest BCUT2D eigenvalue weighted by Gasteiger charge is 2.23. The van der Waals surface area contributed by atoms with E-state index in [1.54, 1.807) is 22.9 Å². The fourth-order valence-electron chi connectivity index (χ4n) is 4.18. The first-order valence-corrected chi connectivity index (χ1v) is 12.3. The van der Waals surface area contributed by atoms with E-state index in [4.69, 9.17) is 37.4 Å². The van der Waals surface area contributed by atoms with Gasteiger partial charge in [-0.05, 0) is 38.9 Å². The number of nitrogens with one attached hydrogen (secondary N) is 2. The number of ether oxygens (including phenoxy) is 3. The van der Waals surface area contributed by atoms with Gasteiger partial charge in [-0.25, -0.2) is 4.98 Å². The second kappa shape index (κ2) is 11.4. The first kappa shape index (κ1) is 25.5. The van der Waals surface area contributed by atoms with Gasteiger partial charge in [-0.2, -0.15) is 4.98 Å². The molecule has 4 rings (SSSR count). The number of anilines is 1. The van der Waals surface area contributed by atoms with E-state index in [2.05, 4.69) is 20.6 Å². The molecule has 0 unspecified atom stereocenters. The number of hydrogen-bond acceptors (Lipinski definition) is 8. The van der Waals surface area contributed by atoms with Gasteiger partial charge in [0, 0.05) is 29.8 Å². The standard InChI is InChI=1S/C24H29Cl2N5O4/c1-4-28-24-29-13-14-11-16(19-20(25)17(33-2)12-18(34-3)21(19)26)23(32)31(22(14)30-24)9-10-35-15-5-7-27-8-6-15/h11-13,15,27H,4-10H2,1-3H3,(H,28,29,30). The molecule has 1 saturated heterocycles. The summed E-state index contributed by atoms with van der Waals surface area (Å²) in [6.45, 7) is 5.14. The number of methoxy groups -OCH3 is 2. The Morgan fingerprint density at radius 3 is 2.46 bits per heavy atom. The molecule has 1 aliphatic heterocycles. The zero-order valence-corrected chi connectivity index (χ0v) is 21.5. The molecule has 0 amide bonds. The van der Waals surface area contributed by atoms with Crippen LogP contribution in [-0.4, -0.2) is 61.1 Å². The van der Waals surface area contributed by atoms with Gasteiger partial charge in [0.05, 0.1) is 49.1 Å². The molecule has 11 heteroatoms. The average molecular weight is 522 g/mol. The highest BCUT2D eigenvalue weighted by Crippen LogP contribution is 2.45. The molecule has 0 aliphatic carbocycles. The predicted molar refractivity (Wildman–Crippen MR) is 138 cm³/mol. The Kier molecular flexibility index (Phi) is 8.33. The molecule has 3 heterocycles. The van der Waals surface area contributed by atoms with Crippen molar-refractivity contribution in [1.82, 2.24) is 19.9 Å². The summed E-state index contributed by atoms with van der Waals surface area (Å²) < 4.78 is 18.5. The fourth-order valence-corrected chi connectivity index (χ4v) is 4.89. The summed E-state index contributed by atoms with van der Waals surface area (Å²) in [4.78, 5) is 22.8. The molecule has 1 aromatic carbocycles. The summed E-state index contributed by atoms with van der Waals surface area (Å²) >= 11 is 13.3. The molecule has 1 fully saturated rings. The molecule has 3 aromatic rings. The van der Waals surface area contributed by atoms with Gasteiger partial charge in [0.15, 0.2) is 0 Å². The van der Waals surface area contributed by atoms with E-state index in [1.165, 1.54) is 14.2 Å². The lowest BCUT2D eigenvalue weighted by atomic mass is 10.0. The minimum atomic E-state index is -0.299. The molecule has 0 radical (unpaired) electrons. The van der Waals surface area contributed by atoms with Gasteiger partial charge in [0.2, 0.25) is 5.95 Å². The van der Waals surface area contributed by atoms with Crippen LogP contribution in [0.2, 0.25) is 10.0 Å². The molecule has 1 aliphatic rings. The molecule has 0 bridgehead atoms. The number of pyridine rings is 1. The smallest absolute Gasteiger partial charge is 0.260 e. The van der Waals surface area contributed by atoms with Crippen molar-refractivity contribution in [3.05, 3.63) is 38.7 Å². The monoisotopic (exact) mass is 521 g/mol. The van der Waals surface area contributed by atoms with Crippen LogP contribution in [0.4, 0.5) is 5.95 Å². The van der Waals surface area contributed by atoms with E-state index < -0.39 is 0 Å². The molecule has 188 valence electrons. The maximum absolute atomic E-state index is 13.9. The highest BCUT2D eigenvalue weighted by molar-refractivity contribution is 6.41. The number of piperidine rings is 1. The Bertz CT molecular complexity index is 1230. The van der Waals surface area contributed by atoms with Gasteiger partial charge in [-0.3, -0.25) is 9.36 Å². The van der Waals surface area contributed by atoms with E-state index in [-0.39, 0.29) is 21.7 Å². The predicted octanol–water partition coefficient (Wildman–Crippen LogP) is 3.98. The van der Waals surface area contributed by atoms with Crippen molar-refractivity contribution in [3.63, 3.8) is 0 Å². The molecule has 0 spiro atoms. The Balaban J connectivity index is 1.84. The van der Waals surface area contributed by atoms with Crippen molar-refractivity contribution in [3.8, 4) is 22.6 Å². The molecule has 0 saturated carbocycles. The second-order valence-corrected chi connectivity index (χ2v) is 8.88. The molecular formula is C24H29Cl2N5O4. The van der Waals surface area contributed by atoms with Gasteiger partial charge < -0.3 is 24.8 Å². The van der Waals surface area contributed by atoms with E-state index in [0.717, 1.165) is 25.9 Å². The number of benzene rings is 1. The van der Waals surface area contributed by atoms with Gasteiger partial charge in [-0.1, -0.05) is 23.2 Å². The number of nitrogens with zero attached hydrogens (tertiary/aromatic N) is 3. The minimum absolute atomic E-state index is 0.167. The Labute approximate surface area is 213 Å². The molecule has 2 N–H and O–H groups in total. The van der Waals surface area contributed by atoms with Crippen molar-refractivity contribution >= 4 is 40.2 Å². The number of aromatic nitrogens is 3. The lowest BCUT2D eigenvalue weighted by Crippen LogP contribution is -2.33. The minimum Gasteiger partial charge on any atom is -0.495 e. The summed E-state index contributed by atoms with van der Waals surface area (Å²) in [7, 11) is 2.98.